The van der Waals surface area contributed by atoms with E-state index in [1.165, 1.54) is 97.1 Å². The Balaban J connectivity index is -0.00000133. The summed E-state index contributed by atoms with van der Waals surface area (Å²) in [5.74, 6) is 0. The van der Waals surface area contributed by atoms with Gasteiger partial charge in [0.05, 0.1) is 42.4 Å². The van der Waals surface area contributed by atoms with Gasteiger partial charge in [-0.1, -0.05) is 48.5 Å². The molecule has 0 fully saturated rings. The molecule has 33 heteroatoms. The van der Waals surface area contributed by atoms with E-state index in [0.29, 0.717) is 89.4 Å². The lowest BCUT2D eigenvalue weighted by atomic mass is 10.0. The Morgan fingerprint density at radius 3 is 0.571 bits per heavy atom. The summed E-state index contributed by atoms with van der Waals surface area (Å²) >= 11 is 0. The Morgan fingerprint density at radius 2 is 0.429 bits per heavy atom. The Hall–Kier alpha value is -6.59. The van der Waals surface area contributed by atoms with Crippen molar-refractivity contribution in [3.8, 4) is 44.5 Å². The van der Waals surface area contributed by atoms with Crippen LogP contribution in [0, 0.1) is 0 Å². The molecular weight excluding hydrogens is 1120 g/mol. The van der Waals surface area contributed by atoms with Crippen LogP contribution in [0.25, 0.3) is 90.9 Å². The maximum atomic E-state index is 12.0. The topological polar surface area (TPSA) is 653 Å². The van der Waals surface area contributed by atoms with Crippen molar-refractivity contribution in [3.05, 3.63) is 144 Å². The average molecular weight is 1180 g/mol. The number of rotatable bonds is 8. The van der Waals surface area contributed by atoms with E-state index in [2.05, 4.69) is 9.97 Å². The van der Waals surface area contributed by atoms with E-state index in [4.69, 9.17) is 9.97 Å². The highest BCUT2D eigenvalue weighted by Gasteiger charge is 2.21. The van der Waals surface area contributed by atoms with Crippen molar-refractivity contribution in [1.29, 1.82) is 0 Å². The molecule has 5 heterocycles. The molecule has 30 N–H and O–H groups in total. The van der Waals surface area contributed by atoms with Gasteiger partial charge >= 0.3 is 23.1 Å². The predicted molar refractivity (Wildman–Crippen MR) is 292 cm³/mol. The molecule has 0 saturated heterocycles. The standard InChI is InChI=1S/C44H30N4O12S4.Mg.12H2O.2H/c49-61(50,51)29-9-1-25(2-10-29)41-33-17-19-35(45-33)42(26-3-11-30(12-4-26)62(52,53)54)37-21-23-39(47-37)44(28-7-15-32(16-8-28)64(58,59)60)40-24-22-38(48-40)43(36-20-18-34(41)46-36)27-5-13-31(14-6-27)63(55,56)57;;;;;;;;;;;;;;;/h1-24,45,48H,(H,49,50,51)(H,52,53,54)(H,55,56,57)(H,58,59,60);;12*1H2;;. The molecule has 2 aliphatic heterocycles. The van der Waals surface area contributed by atoms with Gasteiger partial charge in [-0.3, -0.25) is 18.2 Å². The van der Waals surface area contributed by atoms with Crippen LogP contribution in [-0.4, -0.2) is 161 Å². The molecule has 0 spiro atoms. The van der Waals surface area contributed by atoms with E-state index in [1.54, 1.807) is 48.6 Å². The number of nitrogens with one attached hydrogen (secondary N) is 2. The summed E-state index contributed by atoms with van der Waals surface area (Å²) in [5.41, 5.74) is 7.41. The van der Waals surface area contributed by atoms with Gasteiger partial charge in [-0.05, 0) is 119 Å². The fourth-order valence-electron chi connectivity index (χ4n) is 7.59. The third-order valence-electron chi connectivity index (χ3n) is 10.5. The first-order chi connectivity index (χ1) is 30.2. The second kappa shape index (κ2) is 29.2. The maximum Gasteiger partial charge on any atom is 0.316 e. The molecule has 8 bridgehead atoms. The van der Waals surface area contributed by atoms with Gasteiger partial charge in [-0.25, -0.2) is 9.97 Å². The number of aromatic nitrogens is 4. The van der Waals surface area contributed by atoms with Crippen molar-refractivity contribution >= 4 is 110 Å². The van der Waals surface area contributed by atoms with E-state index < -0.39 is 40.5 Å². The van der Waals surface area contributed by atoms with E-state index in [9.17, 15) is 51.9 Å². The van der Waals surface area contributed by atoms with Gasteiger partial charge in [-0.2, -0.15) is 33.7 Å². The van der Waals surface area contributed by atoms with Gasteiger partial charge in [0, 0.05) is 44.3 Å². The molecule has 422 valence electrons. The largest absolute Gasteiger partial charge is 0.412 e. The first kappa shape index (κ1) is 79.3. The molecule has 4 aromatic carbocycles. The van der Waals surface area contributed by atoms with Crippen molar-refractivity contribution in [2.24, 2.45) is 0 Å². The lowest BCUT2D eigenvalue weighted by Gasteiger charge is -2.08. The zero-order valence-electron chi connectivity index (χ0n) is 38.4. The third-order valence-corrected chi connectivity index (χ3v) is 14.0. The Kier molecular flexibility index (Phi) is 30.1. The summed E-state index contributed by atoms with van der Waals surface area (Å²) in [4.78, 5) is 15.6. The fraction of sp³-hybridized carbons (Fsp3) is 0. The van der Waals surface area contributed by atoms with Gasteiger partial charge in [0.1, 0.15) is 0 Å². The first-order valence-corrected chi connectivity index (χ1v) is 24.5. The van der Waals surface area contributed by atoms with Crippen LogP contribution in [-0.2, 0) is 40.5 Å². The van der Waals surface area contributed by atoms with Gasteiger partial charge in [0.15, 0.2) is 0 Å². The maximum absolute atomic E-state index is 12.0. The van der Waals surface area contributed by atoms with Crippen molar-refractivity contribution in [2.45, 2.75) is 19.6 Å². The summed E-state index contributed by atoms with van der Waals surface area (Å²) in [6, 6.07) is 29.0. The fourth-order valence-corrected chi connectivity index (χ4v) is 9.51. The quantitative estimate of drug-likeness (QED) is 0.0677. The van der Waals surface area contributed by atoms with Crippen molar-refractivity contribution < 1.29 is 118 Å². The highest BCUT2D eigenvalue weighted by molar-refractivity contribution is 7.86. The van der Waals surface area contributed by atoms with E-state index in [1.807, 2.05) is 0 Å². The predicted octanol–water partition coefficient (Wildman–Crippen LogP) is -2.50. The van der Waals surface area contributed by atoms with Crippen LogP contribution in [0.1, 0.15) is 22.8 Å². The molecule has 0 radical (unpaired) electrons. The number of benzene rings is 4. The van der Waals surface area contributed by atoms with Crippen LogP contribution in [0.3, 0.4) is 0 Å². The second-order valence-corrected chi connectivity index (χ2v) is 20.2. The van der Waals surface area contributed by atoms with Gasteiger partial charge in [0.25, 0.3) is 40.5 Å². The van der Waals surface area contributed by atoms with Gasteiger partial charge in [-0.15, -0.1) is 0 Å². The van der Waals surface area contributed by atoms with Crippen molar-refractivity contribution in [2.75, 3.05) is 0 Å². The number of fused-ring (bicyclic) bond motifs is 8. The zero-order chi connectivity index (χ0) is 45.3. The monoisotopic (exact) mass is 1180 g/mol. The molecule has 77 heavy (non-hydrogen) atoms. The Bertz CT molecular complexity index is 3330. The lowest BCUT2D eigenvalue weighted by molar-refractivity contribution is 0.481. The molecule has 9 rings (SSSR count). The smallest absolute Gasteiger partial charge is 0.316 e. The van der Waals surface area contributed by atoms with Crippen LogP contribution in [0.15, 0.2) is 141 Å². The summed E-state index contributed by atoms with van der Waals surface area (Å²) < 4.78 is 135. The normalized spacial score (nSPS) is 10.9. The number of hydrogen-bond donors (Lipinski definition) is 6. The minimum absolute atomic E-state index is 0. The van der Waals surface area contributed by atoms with Crippen molar-refractivity contribution in [1.82, 2.24) is 19.9 Å². The van der Waals surface area contributed by atoms with Crippen LogP contribution >= 0.6 is 0 Å². The number of H-pyrrole nitrogens is 2. The van der Waals surface area contributed by atoms with Gasteiger partial charge < -0.3 is 75.7 Å². The molecule has 0 unspecified atom stereocenters. The van der Waals surface area contributed by atoms with E-state index >= 15 is 0 Å². The minimum Gasteiger partial charge on any atom is -0.412 e. The molecule has 3 aromatic heterocycles. The lowest BCUT2D eigenvalue weighted by Crippen LogP contribution is -1.98. The molecular formula is C44H56MgN4O24S4. The molecule has 0 saturated carbocycles. The summed E-state index contributed by atoms with van der Waals surface area (Å²) in [7, 11) is -18.2. The highest BCUT2D eigenvalue weighted by Crippen LogP contribution is 2.39. The minimum atomic E-state index is -4.55. The molecule has 7 aromatic rings. The average Bonchev–Trinajstić information content (AvgIpc) is 4.08. The Labute approximate surface area is 453 Å². The molecule has 0 amide bonds. The zero-order valence-corrected chi connectivity index (χ0v) is 41.7. The summed E-state index contributed by atoms with van der Waals surface area (Å²) in [6.45, 7) is 0. The number of nitrogens with zero attached hydrogens (tertiary/aromatic N) is 2. The van der Waals surface area contributed by atoms with Crippen LogP contribution in [0.2, 0.25) is 0 Å². The number of aromatic amines is 2. The molecule has 28 nitrogen and oxygen atoms in total. The highest BCUT2D eigenvalue weighted by atomic mass is 32.2. The van der Waals surface area contributed by atoms with Gasteiger partial charge in [0.2, 0.25) is 0 Å². The van der Waals surface area contributed by atoms with Crippen LogP contribution in [0.4, 0.5) is 0 Å². The van der Waals surface area contributed by atoms with E-state index in [-0.39, 0.29) is 108 Å². The molecule has 0 aliphatic carbocycles. The first-order valence-electron chi connectivity index (χ1n) is 18.7. The second-order valence-electron chi connectivity index (χ2n) is 14.5. The Morgan fingerprint density at radius 1 is 0.273 bits per heavy atom. The number of hydrogen-bond acceptors (Lipinski definition) is 10. The SMILES string of the molecule is O.O.O.O.O.O.O.O.O.O.O.O.O=S(=O)(O)c1ccc(-c2c3nc(c(-c4ccc(S(=O)(=O)O)cc4)c4ccc([nH]4)c(-c4ccc(S(=O)(=O)O)cc4)c4nc(c(-c5ccc(S(=O)(=O)O)cc5)c5ccc2[nH]5)C=C4)C=C3)cc1.[MgH2]. The summed E-state index contributed by atoms with van der Waals surface area (Å²) in [6.07, 6.45) is 6.92. The molecule has 2 aliphatic rings. The summed E-state index contributed by atoms with van der Waals surface area (Å²) in [5, 5.41) is 0. The van der Waals surface area contributed by atoms with Crippen LogP contribution < -0.4 is 0 Å². The molecule has 0 atom stereocenters. The van der Waals surface area contributed by atoms with E-state index in [0.717, 1.165) is 0 Å². The van der Waals surface area contributed by atoms with Crippen LogP contribution in [0.5, 0.6) is 0 Å². The third kappa shape index (κ3) is 15.8. The van der Waals surface area contributed by atoms with Crippen molar-refractivity contribution in [3.63, 3.8) is 0 Å².